The summed E-state index contributed by atoms with van der Waals surface area (Å²) in [5.74, 6) is -1.02. The Bertz CT molecular complexity index is 924. The van der Waals surface area contributed by atoms with Crippen molar-refractivity contribution in [1.82, 2.24) is 14.8 Å². The van der Waals surface area contributed by atoms with Gasteiger partial charge in [-0.2, -0.15) is 8.78 Å². The largest absolute Gasteiger partial charge is 0.492 e. The fraction of sp³-hybridized carbons (Fsp3) is 0.188. The van der Waals surface area contributed by atoms with Gasteiger partial charge in [0.1, 0.15) is 18.2 Å². The highest BCUT2D eigenvalue weighted by Gasteiger charge is 2.17. The molecule has 0 saturated heterocycles. The zero-order valence-electron chi connectivity index (χ0n) is 12.7. The summed E-state index contributed by atoms with van der Waals surface area (Å²) in [5.41, 5.74) is -0.149. The van der Waals surface area contributed by atoms with Crippen LogP contribution in [0.3, 0.4) is 0 Å². The molecule has 25 heavy (non-hydrogen) atoms. The standard InChI is InChI=1S/C16H12F3N3O3/c17-11-2-1-3-12(9-11)24-7-6-22-5-4-10(8-13(22)23)15-20-21-16(25-15)14(18)19/h1-5,8-9,14H,6-7H2. The average Bonchev–Trinajstić information content (AvgIpc) is 3.07. The van der Waals surface area contributed by atoms with E-state index >= 15 is 0 Å². The molecule has 0 aliphatic rings. The van der Waals surface area contributed by atoms with Crippen molar-refractivity contribution >= 4 is 0 Å². The van der Waals surface area contributed by atoms with Crippen LogP contribution in [0.4, 0.5) is 13.2 Å². The Morgan fingerprint density at radius 2 is 2.04 bits per heavy atom. The van der Waals surface area contributed by atoms with Gasteiger partial charge in [-0.25, -0.2) is 4.39 Å². The molecule has 9 heteroatoms. The van der Waals surface area contributed by atoms with Gasteiger partial charge < -0.3 is 13.7 Å². The zero-order valence-corrected chi connectivity index (χ0v) is 12.7. The van der Waals surface area contributed by atoms with Crippen molar-refractivity contribution in [2.75, 3.05) is 6.61 Å². The molecule has 3 aromatic rings. The molecule has 0 bridgehead atoms. The average molecular weight is 351 g/mol. The van der Waals surface area contributed by atoms with Crippen molar-refractivity contribution < 1.29 is 22.3 Å². The van der Waals surface area contributed by atoms with Gasteiger partial charge in [-0.15, -0.1) is 10.2 Å². The summed E-state index contributed by atoms with van der Waals surface area (Å²) in [6.07, 6.45) is -1.42. The Kier molecular flexibility index (Phi) is 4.82. The molecular weight excluding hydrogens is 339 g/mol. The molecule has 0 saturated carbocycles. The Labute approximate surface area is 139 Å². The van der Waals surface area contributed by atoms with E-state index in [-0.39, 0.29) is 24.6 Å². The lowest BCUT2D eigenvalue weighted by Crippen LogP contribution is -2.21. The topological polar surface area (TPSA) is 70.2 Å². The van der Waals surface area contributed by atoms with Crippen LogP contribution in [-0.2, 0) is 6.54 Å². The quantitative estimate of drug-likeness (QED) is 0.683. The number of hydrogen-bond donors (Lipinski definition) is 0. The molecule has 0 atom stereocenters. The molecule has 0 aliphatic carbocycles. The number of nitrogens with zero attached hydrogens (tertiary/aromatic N) is 3. The van der Waals surface area contributed by atoms with Gasteiger partial charge in [0.2, 0.25) is 5.89 Å². The number of benzene rings is 1. The first-order valence-corrected chi connectivity index (χ1v) is 7.24. The molecule has 0 aliphatic heterocycles. The van der Waals surface area contributed by atoms with Gasteiger partial charge in [-0.1, -0.05) is 6.07 Å². The van der Waals surface area contributed by atoms with Crippen molar-refractivity contribution in [1.29, 1.82) is 0 Å². The van der Waals surface area contributed by atoms with Crippen molar-refractivity contribution in [3.8, 4) is 17.2 Å². The van der Waals surface area contributed by atoms with Gasteiger partial charge in [0, 0.05) is 23.9 Å². The van der Waals surface area contributed by atoms with E-state index in [4.69, 9.17) is 9.15 Å². The van der Waals surface area contributed by atoms with E-state index in [1.807, 2.05) is 0 Å². The summed E-state index contributed by atoms with van der Waals surface area (Å²) in [6.45, 7) is 0.376. The number of alkyl halides is 2. The Morgan fingerprint density at radius 1 is 1.20 bits per heavy atom. The highest BCUT2D eigenvalue weighted by atomic mass is 19.3. The number of pyridine rings is 1. The lowest BCUT2D eigenvalue weighted by atomic mass is 10.2. The predicted molar refractivity (Wildman–Crippen MR) is 80.8 cm³/mol. The molecule has 3 rings (SSSR count). The molecule has 0 N–H and O–H groups in total. The Hall–Kier alpha value is -3.10. The summed E-state index contributed by atoms with van der Waals surface area (Å²) in [7, 11) is 0. The maximum Gasteiger partial charge on any atom is 0.314 e. The van der Waals surface area contributed by atoms with Crippen LogP contribution in [0.5, 0.6) is 5.75 Å². The summed E-state index contributed by atoms with van der Waals surface area (Å²) >= 11 is 0. The fourth-order valence-corrected chi connectivity index (χ4v) is 2.08. The van der Waals surface area contributed by atoms with Crippen LogP contribution in [-0.4, -0.2) is 21.4 Å². The number of rotatable bonds is 6. The monoisotopic (exact) mass is 351 g/mol. The van der Waals surface area contributed by atoms with Crippen LogP contribution in [0.1, 0.15) is 12.3 Å². The molecule has 1 aromatic carbocycles. The van der Waals surface area contributed by atoms with Gasteiger partial charge in [0.25, 0.3) is 11.4 Å². The van der Waals surface area contributed by atoms with Crippen LogP contribution >= 0.6 is 0 Å². The van der Waals surface area contributed by atoms with E-state index in [9.17, 15) is 18.0 Å². The van der Waals surface area contributed by atoms with Crippen LogP contribution in [0.25, 0.3) is 11.5 Å². The van der Waals surface area contributed by atoms with E-state index in [1.165, 1.54) is 41.1 Å². The molecule has 0 unspecified atom stereocenters. The molecule has 0 fully saturated rings. The summed E-state index contributed by atoms with van der Waals surface area (Å²) < 4.78 is 49.4. The van der Waals surface area contributed by atoms with Crippen molar-refractivity contribution in [2.45, 2.75) is 13.0 Å². The second kappa shape index (κ2) is 7.20. The predicted octanol–water partition coefficient (Wildman–Crippen LogP) is 3.05. The second-order valence-corrected chi connectivity index (χ2v) is 5.00. The molecule has 2 aromatic heterocycles. The number of halogens is 3. The first-order chi connectivity index (χ1) is 12.0. The zero-order chi connectivity index (χ0) is 17.8. The van der Waals surface area contributed by atoms with Gasteiger partial charge >= 0.3 is 6.43 Å². The molecule has 2 heterocycles. The maximum absolute atomic E-state index is 13.0. The van der Waals surface area contributed by atoms with Crippen LogP contribution in [0.2, 0.25) is 0 Å². The molecule has 6 nitrogen and oxygen atoms in total. The maximum atomic E-state index is 13.0. The van der Waals surface area contributed by atoms with E-state index in [0.29, 0.717) is 5.75 Å². The van der Waals surface area contributed by atoms with E-state index in [1.54, 1.807) is 6.07 Å². The summed E-state index contributed by atoms with van der Waals surface area (Å²) in [6, 6.07) is 8.35. The summed E-state index contributed by atoms with van der Waals surface area (Å²) in [4.78, 5) is 12.1. The minimum atomic E-state index is -2.87. The van der Waals surface area contributed by atoms with E-state index < -0.39 is 23.7 Å². The molecule has 130 valence electrons. The fourth-order valence-electron chi connectivity index (χ4n) is 2.08. The van der Waals surface area contributed by atoms with Gasteiger partial charge in [-0.05, 0) is 18.2 Å². The first-order valence-electron chi connectivity index (χ1n) is 7.24. The Morgan fingerprint density at radius 3 is 2.72 bits per heavy atom. The van der Waals surface area contributed by atoms with Crippen molar-refractivity contribution in [3.63, 3.8) is 0 Å². The highest BCUT2D eigenvalue weighted by Crippen LogP contribution is 2.22. The summed E-state index contributed by atoms with van der Waals surface area (Å²) in [5, 5.41) is 6.69. The Balaban J connectivity index is 1.66. The lowest BCUT2D eigenvalue weighted by molar-refractivity contribution is 0.116. The van der Waals surface area contributed by atoms with Gasteiger partial charge in [-0.3, -0.25) is 4.79 Å². The van der Waals surface area contributed by atoms with Crippen LogP contribution < -0.4 is 10.3 Å². The van der Waals surface area contributed by atoms with Gasteiger partial charge in [0.15, 0.2) is 0 Å². The van der Waals surface area contributed by atoms with E-state index in [0.717, 1.165) is 0 Å². The number of hydrogen-bond acceptors (Lipinski definition) is 5. The number of ether oxygens (including phenoxy) is 1. The third-order valence-corrected chi connectivity index (χ3v) is 3.27. The normalized spacial score (nSPS) is 11.0. The van der Waals surface area contributed by atoms with Gasteiger partial charge in [0.05, 0.1) is 6.54 Å². The van der Waals surface area contributed by atoms with Crippen LogP contribution in [0, 0.1) is 5.82 Å². The molecule has 0 spiro atoms. The lowest BCUT2D eigenvalue weighted by Gasteiger charge is -2.08. The van der Waals surface area contributed by atoms with Crippen LogP contribution in [0.15, 0.2) is 51.8 Å². The van der Waals surface area contributed by atoms with Crippen molar-refractivity contribution in [3.05, 3.63) is 64.7 Å². The molecule has 0 radical (unpaired) electrons. The third-order valence-electron chi connectivity index (χ3n) is 3.27. The molecule has 0 amide bonds. The number of aromatic nitrogens is 3. The second-order valence-electron chi connectivity index (χ2n) is 5.00. The first kappa shape index (κ1) is 16.7. The molecular formula is C16H12F3N3O3. The van der Waals surface area contributed by atoms with E-state index in [2.05, 4.69) is 10.2 Å². The SMILES string of the molecule is O=c1cc(-c2nnc(C(F)F)o2)ccn1CCOc1cccc(F)c1. The highest BCUT2D eigenvalue weighted by molar-refractivity contribution is 5.50. The smallest absolute Gasteiger partial charge is 0.314 e. The van der Waals surface area contributed by atoms with Crippen molar-refractivity contribution in [2.24, 2.45) is 0 Å². The minimum absolute atomic E-state index is 0.152. The minimum Gasteiger partial charge on any atom is -0.492 e. The third kappa shape index (κ3) is 4.06.